The molecule has 2 nitrogen and oxygen atoms in total. The lowest BCUT2D eigenvalue weighted by molar-refractivity contribution is 0.195. The molecule has 3 atom stereocenters. The standard InChI is InChI=1S/C9H18N2/c10-8-3-4-9-7(6-8)2-1-5-11-9/h7-9,11H,1-6,10H2. The van der Waals surface area contributed by atoms with Gasteiger partial charge in [-0.15, -0.1) is 0 Å². The smallest absolute Gasteiger partial charge is 0.00964 e. The van der Waals surface area contributed by atoms with E-state index in [2.05, 4.69) is 5.32 Å². The number of piperidine rings is 1. The van der Waals surface area contributed by atoms with Gasteiger partial charge in [-0.2, -0.15) is 0 Å². The van der Waals surface area contributed by atoms with Crippen LogP contribution in [0.3, 0.4) is 0 Å². The molecule has 3 N–H and O–H groups in total. The summed E-state index contributed by atoms with van der Waals surface area (Å²) >= 11 is 0. The number of hydrogen-bond acceptors (Lipinski definition) is 2. The van der Waals surface area contributed by atoms with Crippen LogP contribution in [-0.4, -0.2) is 18.6 Å². The van der Waals surface area contributed by atoms with E-state index in [1.807, 2.05) is 0 Å². The molecule has 1 heterocycles. The van der Waals surface area contributed by atoms with Gasteiger partial charge in [0.05, 0.1) is 0 Å². The van der Waals surface area contributed by atoms with Crippen molar-refractivity contribution in [2.75, 3.05) is 6.54 Å². The van der Waals surface area contributed by atoms with E-state index >= 15 is 0 Å². The van der Waals surface area contributed by atoms with Gasteiger partial charge in [0.15, 0.2) is 0 Å². The van der Waals surface area contributed by atoms with Gasteiger partial charge in [0.1, 0.15) is 0 Å². The highest BCUT2D eigenvalue weighted by atomic mass is 14.9. The molecular formula is C9H18N2. The zero-order valence-corrected chi connectivity index (χ0v) is 7.05. The van der Waals surface area contributed by atoms with Gasteiger partial charge in [0, 0.05) is 12.1 Å². The van der Waals surface area contributed by atoms with Gasteiger partial charge in [-0.05, 0) is 44.6 Å². The van der Waals surface area contributed by atoms with E-state index in [-0.39, 0.29) is 0 Å². The highest BCUT2D eigenvalue weighted by Gasteiger charge is 2.30. The lowest BCUT2D eigenvalue weighted by Gasteiger charge is -2.38. The summed E-state index contributed by atoms with van der Waals surface area (Å²) in [6.45, 7) is 1.23. The molecule has 0 aromatic rings. The fraction of sp³-hybridized carbons (Fsp3) is 1.00. The first kappa shape index (κ1) is 7.56. The molecule has 2 aliphatic rings. The molecule has 0 spiro atoms. The summed E-state index contributed by atoms with van der Waals surface area (Å²) in [5.74, 6) is 0.896. The van der Waals surface area contributed by atoms with Crippen LogP contribution >= 0.6 is 0 Å². The van der Waals surface area contributed by atoms with E-state index in [0.717, 1.165) is 12.0 Å². The quantitative estimate of drug-likeness (QED) is 0.543. The van der Waals surface area contributed by atoms with Crippen LogP contribution in [0.1, 0.15) is 32.1 Å². The second kappa shape index (κ2) is 3.11. The molecule has 2 rings (SSSR count). The first-order valence-corrected chi connectivity index (χ1v) is 4.85. The van der Waals surface area contributed by atoms with Crippen molar-refractivity contribution in [3.63, 3.8) is 0 Å². The van der Waals surface area contributed by atoms with Crippen molar-refractivity contribution in [3.05, 3.63) is 0 Å². The average Bonchev–Trinajstić information content (AvgIpc) is 2.04. The van der Waals surface area contributed by atoms with Crippen LogP contribution in [0.5, 0.6) is 0 Å². The Balaban J connectivity index is 1.93. The predicted octanol–water partition coefficient (Wildman–Crippen LogP) is 0.866. The fourth-order valence-electron chi connectivity index (χ4n) is 2.54. The summed E-state index contributed by atoms with van der Waals surface area (Å²) in [7, 11) is 0. The Morgan fingerprint density at radius 3 is 3.00 bits per heavy atom. The predicted molar refractivity (Wildman–Crippen MR) is 46.3 cm³/mol. The van der Waals surface area contributed by atoms with Crippen LogP contribution in [0.4, 0.5) is 0 Å². The van der Waals surface area contributed by atoms with Crippen LogP contribution in [0.15, 0.2) is 0 Å². The van der Waals surface area contributed by atoms with Crippen LogP contribution in [-0.2, 0) is 0 Å². The van der Waals surface area contributed by atoms with Crippen molar-refractivity contribution in [2.45, 2.75) is 44.2 Å². The largest absolute Gasteiger partial charge is 0.328 e. The molecule has 0 radical (unpaired) electrons. The number of rotatable bonds is 0. The van der Waals surface area contributed by atoms with Crippen molar-refractivity contribution in [3.8, 4) is 0 Å². The Labute approximate surface area is 68.5 Å². The Kier molecular flexibility index (Phi) is 2.14. The summed E-state index contributed by atoms with van der Waals surface area (Å²) in [6, 6.07) is 1.31. The zero-order valence-electron chi connectivity index (χ0n) is 7.05. The average molecular weight is 154 g/mol. The highest BCUT2D eigenvalue weighted by molar-refractivity contribution is 4.88. The number of fused-ring (bicyclic) bond motifs is 1. The molecule has 11 heavy (non-hydrogen) atoms. The summed E-state index contributed by atoms with van der Waals surface area (Å²) in [4.78, 5) is 0. The normalized spacial score (nSPS) is 45.0. The number of hydrogen-bond donors (Lipinski definition) is 2. The van der Waals surface area contributed by atoms with E-state index in [4.69, 9.17) is 5.73 Å². The van der Waals surface area contributed by atoms with Crippen molar-refractivity contribution in [1.82, 2.24) is 5.32 Å². The lowest BCUT2D eigenvalue weighted by Crippen LogP contribution is -2.47. The third-order valence-electron chi connectivity index (χ3n) is 3.18. The molecule has 0 aromatic carbocycles. The number of nitrogens with one attached hydrogen (secondary N) is 1. The molecule has 2 fully saturated rings. The molecule has 64 valence electrons. The van der Waals surface area contributed by atoms with Crippen LogP contribution in [0, 0.1) is 5.92 Å². The summed E-state index contributed by atoms with van der Waals surface area (Å²) in [5.41, 5.74) is 5.91. The topological polar surface area (TPSA) is 38.0 Å². The van der Waals surface area contributed by atoms with E-state index in [1.165, 1.54) is 38.6 Å². The minimum Gasteiger partial charge on any atom is -0.328 e. The van der Waals surface area contributed by atoms with Crippen LogP contribution < -0.4 is 11.1 Å². The van der Waals surface area contributed by atoms with Gasteiger partial charge in [-0.3, -0.25) is 0 Å². The van der Waals surface area contributed by atoms with Crippen molar-refractivity contribution in [1.29, 1.82) is 0 Å². The van der Waals surface area contributed by atoms with Gasteiger partial charge in [-0.25, -0.2) is 0 Å². The summed E-state index contributed by atoms with van der Waals surface area (Å²) < 4.78 is 0. The first-order valence-electron chi connectivity index (χ1n) is 4.85. The van der Waals surface area contributed by atoms with E-state index in [1.54, 1.807) is 0 Å². The van der Waals surface area contributed by atoms with E-state index < -0.39 is 0 Å². The Morgan fingerprint density at radius 2 is 2.09 bits per heavy atom. The molecular weight excluding hydrogens is 136 g/mol. The summed E-state index contributed by atoms with van der Waals surface area (Å²) in [5, 5.41) is 3.59. The fourth-order valence-corrected chi connectivity index (χ4v) is 2.54. The zero-order chi connectivity index (χ0) is 7.68. The van der Waals surface area contributed by atoms with Gasteiger partial charge >= 0.3 is 0 Å². The third kappa shape index (κ3) is 1.57. The maximum Gasteiger partial charge on any atom is 0.00964 e. The maximum atomic E-state index is 5.91. The minimum atomic E-state index is 0.496. The molecule has 1 saturated carbocycles. The second-order valence-corrected chi connectivity index (χ2v) is 4.04. The first-order chi connectivity index (χ1) is 5.36. The van der Waals surface area contributed by atoms with Crippen molar-refractivity contribution >= 4 is 0 Å². The summed E-state index contributed by atoms with van der Waals surface area (Å²) in [6.07, 6.45) is 6.57. The van der Waals surface area contributed by atoms with Crippen molar-refractivity contribution in [2.24, 2.45) is 11.7 Å². The molecule has 1 saturated heterocycles. The number of nitrogens with two attached hydrogens (primary N) is 1. The van der Waals surface area contributed by atoms with E-state index in [9.17, 15) is 0 Å². The SMILES string of the molecule is NC1CCC2NCCCC2C1. The monoisotopic (exact) mass is 154 g/mol. The van der Waals surface area contributed by atoms with Gasteiger partial charge in [0.2, 0.25) is 0 Å². The highest BCUT2D eigenvalue weighted by Crippen LogP contribution is 2.29. The van der Waals surface area contributed by atoms with Gasteiger partial charge < -0.3 is 11.1 Å². The second-order valence-electron chi connectivity index (χ2n) is 4.04. The Morgan fingerprint density at radius 1 is 1.18 bits per heavy atom. The molecule has 0 amide bonds. The maximum absolute atomic E-state index is 5.91. The Hall–Kier alpha value is -0.0800. The van der Waals surface area contributed by atoms with Gasteiger partial charge in [0.25, 0.3) is 0 Å². The molecule has 0 bridgehead atoms. The third-order valence-corrected chi connectivity index (χ3v) is 3.18. The van der Waals surface area contributed by atoms with Crippen LogP contribution in [0.25, 0.3) is 0 Å². The molecule has 0 aromatic heterocycles. The molecule has 2 heteroatoms. The molecule has 1 aliphatic carbocycles. The van der Waals surface area contributed by atoms with E-state index in [0.29, 0.717) is 6.04 Å². The molecule has 3 unspecified atom stereocenters. The van der Waals surface area contributed by atoms with Crippen molar-refractivity contribution < 1.29 is 0 Å². The Bertz CT molecular complexity index is 136. The van der Waals surface area contributed by atoms with Crippen LogP contribution in [0.2, 0.25) is 0 Å². The van der Waals surface area contributed by atoms with Gasteiger partial charge in [-0.1, -0.05) is 0 Å². The molecule has 1 aliphatic heterocycles. The minimum absolute atomic E-state index is 0.496. The lowest BCUT2D eigenvalue weighted by atomic mass is 9.77.